The van der Waals surface area contributed by atoms with Crippen molar-refractivity contribution in [1.82, 2.24) is 14.6 Å². The van der Waals surface area contributed by atoms with Crippen LogP contribution < -0.4 is 10.1 Å². The van der Waals surface area contributed by atoms with Crippen molar-refractivity contribution in [3.63, 3.8) is 0 Å². The highest BCUT2D eigenvalue weighted by atomic mass is 32.2. The predicted molar refractivity (Wildman–Crippen MR) is 133 cm³/mol. The van der Waals surface area contributed by atoms with Gasteiger partial charge in [-0.1, -0.05) is 29.8 Å². The van der Waals surface area contributed by atoms with E-state index in [-0.39, 0.29) is 23.3 Å². The Labute approximate surface area is 204 Å². The third-order valence-corrected chi connectivity index (χ3v) is 8.80. The summed E-state index contributed by atoms with van der Waals surface area (Å²) in [5, 5.41) is 5.96. The summed E-state index contributed by atoms with van der Waals surface area (Å²) < 4.78 is 32.6. The fourth-order valence-electron chi connectivity index (χ4n) is 3.98. The molecule has 1 fully saturated rings. The van der Waals surface area contributed by atoms with E-state index in [1.54, 1.807) is 23.5 Å². The van der Waals surface area contributed by atoms with Crippen LogP contribution in [0.15, 0.2) is 58.8 Å². The fourth-order valence-corrected chi connectivity index (χ4v) is 6.36. The largest absolute Gasteiger partial charge is 0.497 e. The van der Waals surface area contributed by atoms with Crippen LogP contribution in [0.2, 0.25) is 0 Å². The molecular weight excluding hydrogens is 470 g/mol. The normalized spacial score (nSPS) is 16.8. The standard InChI is InChI=1S/C25H29N3O4S2/c1-18-5-7-19(8-6-18)25-27-21(17-33-25)13-14-26-24(29)20-4-3-15-28(16-20)34(30,31)23-11-9-22(32-2)10-12-23/h5-12,17,20H,3-4,13-16H2,1-2H3,(H,26,29). The summed E-state index contributed by atoms with van der Waals surface area (Å²) in [7, 11) is -2.12. The first-order valence-electron chi connectivity index (χ1n) is 11.3. The molecule has 3 aromatic rings. The van der Waals surface area contributed by atoms with E-state index in [9.17, 15) is 13.2 Å². The second-order valence-corrected chi connectivity index (χ2v) is 11.2. The smallest absolute Gasteiger partial charge is 0.243 e. The summed E-state index contributed by atoms with van der Waals surface area (Å²) >= 11 is 1.59. The number of aromatic nitrogens is 1. The molecule has 1 saturated heterocycles. The Kier molecular flexibility index (Phi) is 7.65. The number of hydrogen-bond donors (Lipinski definition) is 1. The highest BCUT2D eigenvalue weighted by Crippen LogP contribution is 2.26. The number of piperidine rings is 1. The van der Waals surface area contributed by atoms with Crippen LogP contribution >= 0.6 is 11.3 Å². The van der Waals surface area contributed by atoms with Crippen LogP contribution in [0.1, 0.15) is 24.1 Å². The fraction of sp³-hybridized carbons (Fsp3) is 0.360. The SMILES string of the molecule is COc1ccc(S(=O)(=O)N2CCCC(C(=O)NCCc3csc(-c4ccc(C)cc4)n3)C2)cc1. The second-order valence-electron chi connectivity index (χ2n) is 8.43. The van der Waals surface area contributed by atoms with Crippen molar-refractivity contribution in [1.29, 1.82) is 0 Å². The van der Waals surface area contributed by atoms with Gasteiger partial charge in [0.2, 0.25) is 15.9 Å². The first-order chi connectivity index (χ1) is 16.4. The number of benzene rings is 2. The van der Waals surface area contributed by atoms with Gasteiger partial charge in [-0.25, -0.2) is 13.4 Å². The summed E-state index contributed by atoms with van der Waals surface area (Å²) in [4.78, 5) is 17.7. The third-order valence-electron chi connectivity index (χ3n) is 5.98. The highest BCUT2D eigenvalue weighted by Gasteiger charge is 2.33. The van der Waals surface area contributed by atoms with E-state index in [0.717, 1.165) is 16.3 Å². The lowest BCUT2D eigenvalue weighted by molar-refractivity contribution is -0.126. The number of hydrogen-bond acceptors (Lipinski definition) is 6. The van der Waals surface area contributed by atoms with Crippen molar-refractivity contribution < 1.29 is 17.9 Å². The molecule has 2 aromatic carbocycles. The van der Waals surface area contributed by atoms with Gasteiger partial charge in [-0.15, -0.1) is 11.3 Å². The topological polar surface area (TPSA) is 88.6 Å². The molecule has 2 heterocycles. The first kappa shape index (κ1) is 24.4. The van der Waals surface area contributed by atoms with Crippen molar-refractivity contribution in [2.45, 2.75) is 31.1 Å². The Hall–Kier alpha value is -2.75. The number of carbonyl (C=O) groups excluding carboxylic acids is 1. The Bertz CT molecular complexity index is 1220. The summed E-state index contributed by atoms with van der Waals surface area (Å²) in [6.07, 6.45) is 1.96. The average molecular weight is 500 g/mol. The van der Waals surface area contributed by atoms with Gasteiger partial charge >= 0.3 is 0 Å². The number of methoxy groups -OCH3 is 1. The summed E-state index contributed by atoms with van der Waals surface area (Å²) in [6, 6.07) is 14.6. The Morgan fingerprint density at radius 2 is 1.91 bits per heavy atom. The lowest BCUT2D eigenvalue weighted by atomic mass is 9.99. The van der Waals surface area contributed by atoms with E-state index in [0.29, 0.717) is 38.1 Å². The van der Waals surface area contributed by atoms with Crippen LogP contribution in [-0.2, 0) is 21.2 Å². The summed E-state index contributed by atoms with van der Waals surface area (Å²) in [6.45, 7) is 3.13. The minimum Gasteiger partial charge on any atom is -0.497 e. The second kappa shape index (κ2) is 10.7. The zero-order valence-electron chi connectivity index (χ0n) is 19.4. The van der Waals surface area contributed by atoms with E-state index in [1.165, 1.54) is 29.1 Å². The number of aryl methyl sites for hydroxylation is 1. The van der Waals surface area contributed by atoms with Crippen LogP contribution in [0.3, 0.4) is 0 Å². The minimum absolute atomic E-state index is 0.108. The predicted octanol–water partition coefficient (Wildman–Crippen LogP) is 3.89. The van der Waals surface area contributed by atoms with Crippen LogP contribution in [0.4, 0.5) is 0 Å². The monoisotopic (exact) mass is 499 g/mol. The van der Waals surface area contributed by atoms with E-state index in [2.05, 4.69) is 41.5 Å². The maximum atomic E-state index is 13.0. The molecule has 0 aliphatic carbocycles. The van der Waals surface area contributed by atoms with Gasteiger partial charge in [0, 0.05) is 37.0 Å². The van der Waals surface area contributed by atoms with E-state index in [1.807, 2.05) is 5.38 Å². The molecule has 34 heavy (non-hydrogen) atoms. The first-order valence-corrected chi connectivity index (χ1v) is 13.6. The highest BCUT2D eigenvalue weighted by molar-refractivity contribution is 7.89. The zero-order chi connectivity index (χ0) is 24.1. The van der Waals surface area contributed by atoms with Gasteiger partial charge in [0.25, 0.3) is 0 Å². The molecule has 1 amide bonds. The van der Waals surface area contributed by atoms with Crippen molar-refractivity contribution in [2.24, 2.45) is 5.92 Å². The summed E-state index contributed by atoms with van der Waals surface area (Å²) in [5.41, 5.74) is 3.24. The van der Waals surface area contributed by atoms with Gasteiger partial charge in [-0.2, -0.15) is 4.31 Å². The molecular formula is C25H29N3O4S2. The number of amides is 1. The quantitative estimate of drug-likeness (QED) is 0.508. The maximum Gasteiger partial charge on any atom is 0.243 e. The van der Waals surface area contributed by atoms with Gasteiger partial charge in [0.1, 0.15) is 10.8 Å². The molecule has 9 heteroatoms. The lowest BCUT2D eigenvalue weighted by Gasteiger charge is -2.31. The summed E-state index contributed by atoms with van der Waals surface area (Å²) in [5.74, 6) is 0.130. The number of nitrogens with zero attached hydrogens (tertiary/aromatic N) is 2. The van der Waals surface area contributed by atoms with Gasteiger partial charge < -0.3 is 10.1 Å². The van der Waals surface area contributed by atoms with Crippen LogP contribution in [0.25, 0.3) is 10.6 Å². The molecule has 1 atom stereocenters. The molecule has 1 N–H and O–H groups in total. The van der Waals surface area contributed by atoms with Crippen molar-refractivity contribution >= 4 is 27.3 Å². The van der Waals surface area contributed by atoms with E-state index < -0.39 is 10.0 Å². The minimum atomic E-state index is -3.65. The number of ether oxygens (including phenoxy) is 1. The van der Waals surface area contributed by atoms with Crippen LogP contribution in [-0.4, -0.2) is 50.4 Å². The molecule has 7 nitrogen and oxygen atoms in total. The molecule has 1 unspecified atom stereocenters. The average Bonchev–Trinajstić information content (AvgIpc) is 3.33. The van der Waals surface area contributed by atoms with Gasteiger partial charge in [0.05, 0.1) is 23.6 Å². The van der Waals surface area contributed by atoms with E-state index in [4.69, 9.17) is 4.74 Å². The number of carbonyl (C=O) groups is 1. The lowest BCUT2D eigenvalue weighted by Crippen LogP contribution is -2.45. The molecule has 0 radical (unpaired) electrons. The molecule has 0 spiro atoms. The number of sulfonamides is 1. The van der Waals surface area contributed by atoms with Crippen LogP contribution in [0.5, 0.6) is 5.75 Å². The van der Waals surface area contributed by atoms with Crippen molar-refractivity contribution in [3.8, 4) is 16.3 Å². The molecule has 1 aromatic heterocycles. The molecule has 180 valence electrons. The molecule has 0 saturated carbocycles. The van der Waals surface area contributed by atoms with Crippen LogP contribution in [0, 0.1) is 12.8 Å². The Morgan fingerprint density at radius 1 is 1.18 bits per heavy atom. The molecule has 4 rings (SSSR count). The zero-order valence-corrected chi connectivity index (χ0v) is 21.0. The van der Waals surface area contributed by atoms with Gasteiger partial charge in [-0.05, 0) is 44.0 Å². The molecule has 1 aliphatic rings. The Balaban J connectivity index is 1.31. The number of nitrogens with one attached hydrogen (secondary N) is 1. The van der Waals surface area contributed by atoms with E-state index >= 15 is 0 Å². The van der Waals surface area contributed by atoms with Crippen molar-refractivity contribution in [3.05, 3.63) is 65.2 Å². The Morgan fingerprint density at radius 3 is 2.62 bits per heavy atom. The maximum absolute atomic E-state index is 13.0. The van der Waals surface area contributed by atoms with Gasteiger partial charge in [0.15, 0.2) is 0 Å². The molecule has 1 aliphatic heterocycles. The number of thiazole rings is 1. The number of rotatable bonds is 8. The molecule has 0 bridgehead atoms. The van der Waals surface area contributed by atoms with Gasteiger partial charge in [-0.3, -0.25) is 4.79 Å². The van der Waals surface area contributed by atoms with Crippen molar-refractivity contribution in [2.75, 3.05) is 26.7 Å². The third kappa shape index (κ3) is 5.65.